The van der Waals surface area contributed by atoms with Crippen LogP contribution in [0.2, 0.25) is 0 Å². The topological polar surface area (TPSA) is 66.5 Å². The van der Waals surface area contributed by atoms with Crippen molar-refractivity contribution in [3.8, 4) is 0 Å². The molecule has 0 aromatic heterocycles. The zero-order valence-corrected chi connectivity index (χ0v) is 10.7. The molecule has 0 aromatic rings. The molecule has 1 saturated heterocycles. The first-order chi connectivity index (χ1) is 7.36. The number of piperazine rings is 1. The minimum absolute atomic E-state index is 0.0726. The Morgan fingerprint density at radius 3 is 2.62 bits per heavy atom. The lowest BCUT2D eigenvalue weighted by molar-refractivity contribution is -0.148. The van der Waals surface area contributed by atoms with Crippen LogP contribution in [0.4, 0.5) is 0 Å². The molecule has 5 nitrogen and oxygen atoms in total. The molecule has 1 fully saturated rings. The van der Waals surface area contributed by atoms with E-state index in [1.54, 1.807) is 13.8 Å². The normalized spacial score (nSPS) is 21.8. The molecule has 0 aromatic carbocycles. The Bertz CT molecular complexity index is 328. The Kier molecular flexibility index (Phi) is 4.07. The summed E-state index contributed by atoms with van der Waals surface area (Å²) in [5.74, 6) is 0.746. The number of rotatable bonds is 4. The van der Waals surface area contributed by atoms with E-state index in [-0.39, 0.29) is 18.4 Å². The SMILES string of the molecule is CCS(=O)CCN1CC(=O)NC(C)(C)C1=O. The first-order valence-electron chi connectivity index (χ1n) is 5.32. The Labute approximate surface area is 98.0 Å². The number of carbonyl (C=O) groups is 2. The molecule has 2 amide bonds. The fraction of sp³-hybridized carbons (Fsp3) is 0.800. The second-order valence-corrected chi connectivity index (χ2v) is 6.20. The second-order valence-electron chi connectivity index (χ2n) is 4.33. The Balaban J connectivity index is 2.62. The molecule has 16 heavy (non-hydrogen) atoms. The fourth-order valence-corrected chi connectivity index (χ4v) is 2.33. The highest BCUT2D eigenvalue weighted by atomic mass is 32.2. The molecule has 0 aliphatic carbocycles. The van der Waals surface area contributed by atoms with Crippen molar-refractivity contribution in [2.24, 2.45) is 0 Å². The van der Waals surface area contributed by atoms with Crippen LogP contribution in [-0.2, 0) is 20.4 Å². The molecule has 0 bridgehead atoms. The summed E-state index contributed by atoms with van der Waals surface area (Å²) in [6, 6.07) is 0. The summed E-state index contributed by atoms with van der Waals surface area (Å²) >= 11 is 0. The lowest BCUT2D eigenvalue weighted by Gasteiger charge is -2.37. The van der Waals surface area contributed by atoms with Crippen molar-refractivity contribution in [1.29, 1.82) is 0 Å². The fourth-order valence-electron chi connectivity index (χ4n) is 1.62. The maximum Gasteiger partial charge on any atom is 0.248 e. The van der Waals surface area contributed by atoms with E-state index < -0.39 is 16.3 Å². The average molecular weight is 246 g/mol. The molecule has 1 aliphatic heterocycles. The third-order valence-corrected chi connectivity index (χ3v) is 3.80. The van der Waals surface area contributed by atoms with Gasteiger partial charge in [0.25, 0.3) is 0 Å². The van der Waals surface area contributed by atoms with Gasteiger partial charge in [-0.3, -0.25) is 13.8 Å². The summed E-state index contributed by atoms with van der Waals surface area (Å²) in [5, 5.41) is 2.63. The van der Waals surface area contributed by atoms with E-state index in [2.05, 4.69) is 5.32 Å². The van der Waals surface area contributed by atoms with Gasteiger partial charge in [0.05, 0.1) is 6.54 Å². The minimum Gasteiger partial charge on any atom is -0.341 e. The van der Waals surface area contributed by atoms with Gasteiger partial charge in [-0.25, -0.2) is 0 Å². The maximum atomic E-state index is 11.9. The molecular weight excluding hydrogens is 228 g/mol. The summed E-state index contributed by atoms with van der Waals surface area (Å²) in [5.41, 5.74) is -0.844. The van der Waals surface area contributed by atoms with Crippen molar-refractivity contribution in [3.05, 3.63) is 0 Å². The van der Waals surface area contributed by atoms with Crippen LogP contribution in [0.3, 0.4) is 0 Å². The van der Waals surface area contributed by atoms with Gasteiger partial charge < -0.3 is 10.2 Å². The molecule has 1 atom stereocenters. The highest BCUT2D eigenvalue weighted by molar-refractivity contribution is 7.84. The summed E-state index contributed by atoms with van der Waals surface area (Å²) in [6.07, 6.45) is 0. The smallest absolute Gasteiger partial charge is 0.248 e. The molecule has 92 valence electrons. The summed E-state index contributed by atoms with van der Waals surface area (Å²) in [7, 11) is -0.905. The lowest BCUT2D eigenvalue weighted by Crippen LogP contribution is -2.64. The van der Waals surface area contributed by atoms with E-state index in [1.165, 1.54) is 4.90 Å². The van der Waals surface area contributed by atoms with E-state index in [0.717, 1.165) is 0 Å². The van der Waals surface area contributed by atoms with E-state index in [9.17, 15) is 13.8 Å². The van der Waals surface area contributed by atoms with Gasteiger partial charge >= 0.3 is 0 Å². The Morgan fingerprint density at radius 2 is 2.06 bits per heavy atom. The van der Waals surface area contributed by atoms with Crippen molar-refractivity contribution in [2.45, 2.75) is 26.3 Å². The molecule has 1 rings (SSSR count). The molecule has 1 unspecified atom stereocenters. The van der Waals surface area contributed by atoms with Crippen molar-refractivity contribution in [3.63, 3.8) is 0 Å². The van der Waals surface area contributed by atoms with Crippen molar-refractivity contribution >= 4 is 22.6 Å². The number of carbonyl (C=O) groups excluding carboxylic acids is 2. The van der Waals surface area contributed by atoms with Gasteiger partial charge in [0.2, 0.25) is 11.8 Å². The third-order valence-electron chi connectivity index (χ3n) is 2.52. The van der Waals surface area contributed by atoms with Gasteiger partial charge in [-0.2, -0.15) is 0 Å². The third kappa shape index (κ3) is 3.04. The van der Waals surface area contributed by atoms with Gasteiger partial charge in [-0.05, 0) is 13.8 Å². The number of nitrogens with zero attached hydrogens (tertiary/aromatic N) is 1. The van der Waals surface area contributed by atoms with Gasteiger partial charge in [0.1, 0.15) is 5.54 Å². The summed E-state index contributed by atoms with van der Waals surface area (Å²) < 4.78 is 11.3. The van der Waals surface area contributed by atoms with Crippen molar-refractivity contribution in [1.82, 2.24) is 10.2 Å². The molecule has 6 heteroatoms. The zero-order chi connectivity index (χ0) is 12.3. The predicted octanol–water partition coefficient (Wildman–Crippen LogP) is -0.508. The number of hydrogen-bond donors (Lipinski definition) is 1. The molecule has 1 aliphatic rings. The predicted molar refractivity (Wildman–Crippen MR) is 62.4 cm³/mol. The first kappa shape index (κ1) is 13.2. The molecular formula is C10H18N2O3S. The number of hydrogen-bond acceptors (Lipinski definition) is 3. The first-order valence-corrected chi connectivity index (χ1v) is 6.81. The van der Waals surface area contributed by atoms with Crippen LogP contribution in [-0.4, -0.2) is 51.1 Å². The van der Waals surface area contributed by atoms with Gasteiger partial charge in [-0.15, -0.1) is 0 Å². The Morgan fingerprint density at radius 1 is 1.44 bits per heavy atom. The van der Waals surface area contributed by atoms with E-state index in [0.29, 0.717) is 18.1 Å². The van der Waals surface area contributed by atoms with Crippen molar-refractivity contribution < 1.29 is 13.8 Å². The van der Waals surface area contributed by atoms with E-state index in [1.807, 2.05) is 6.92 Å². The number of amides is 2. The quantitative estimate of drug-likeness (QED) is 0.726. The largest absolute Gasteiger partial charge is 0.341 e. The van der Waals surface area contributed by atoms with Crippen LogP contribution in [0, 0.1) is 0 Å². The molecule has 1 N–H and O–H groups in total. The summed E-state index contributed by atoms with van der Waals surface area (Å²) in [4.78, 5) is 24.8. The summed E-state index contributed by atoms with van der Waals surface area (Å²) in [6.45, 7) is 5.65. The molecule has 0 saturated carbocycles. The van der Waals surface area contributed by atoms with E-state index >= 15 is 0 Å². The minimum atomic E-state index is -0.905. The molecule has 1 heterocycles. The average Bonchev–Trinajstić information content (AvgIpc) is 2.20. The lowest BCUT2D eigenvalue weighted by atomic mass is 10.0. The highest BCUT2D eigenvalue weighted by Gasteiger charge is 2.38. The van der Waals surface area contributed by atoms with Crippen LogP contribution >= 0.6 is 0 Å². The standard InChI is InChI=1S/C10H18N2O3S/c1-4-16(15)6-5-12-7-8(13)11-10(2,3)9(12)14/h4-7H2,1-3H3,(H,11,13). The van der Waals surface area contributed by atoms with Crippen LogP contribution < -0.4 is 5.32 Å². The molecule has 0 radical (unpaired) electrons. The number of nitrogens with one attached hydrogen (secondary N) is 1. The van der Waals surface area contributed by atoms with Gasteiger partial charge in [-0.1, -0.05) is 6.92 Å². The molecule has 0 spiro atoms. The monoisotopic (exact) mass is 246 g/mol. The van der Waals surface area contributed by atoms with Crippen LogP contribution in [0.15, 0.2) is 0 Å². The van der Waals surface area contributed by atoms with Crippen LogP contribution in [0.25, 0.3) is 0 Å². The van der Waals surface area contributed by atoms with Gasteiger partial charge in [0.15, 0.2) is 0 Å². The Hall–Kier alpha value is -0.910. The van der Waals surface area contributed by atoms with Gasteiger partial charge in [0, 0.05) is 28.9 Å². The van der Waals surface area contributed by atoms with Crippen molar-refractivity contribution in [2.75, 3.05) is 24.6 Å². The second kappa shape index (κ2) is 4.95. The zero-order valence-electron chi connectivity index (χ0n) is 9.91. The van der Waals surface area contributed by atoms with Crippen LogP contribution in [0.1, 0.15) is 20.8 Å². The maximum absolute atomic E-state index is 11.9. The van der Waals surface area contributed by atoms with Crippen LogP contribution in [0.5, 0.6) is 0 Å². The van der Waals surface area contributed by atoms with E-state index in [4.69, 9.17) is 0 Å². The highest BCUT2D eigenvalue weighted by Crippen LogP contribution is 2.12.